The molecule has 5 rings (SSSR count). The van der Waals surface area contributed by atoms with Gasteiger partial charge in [-0.1, -0.05) is 18.2 Å². The minimum absolute atomic E-state index is 0.0388. The zero-order valence-electron chi connectivity index (χ0n) is 18.1. The Labute approximate surface area is 189 Å². The van der Waals surface area contributed by atoms with E-state index in [0.717, 1.165) is 33.8 Å². The van der Waals surface area contributed by atoms with Crippen LogP contribution in [0, 0.1) is 11.6 Å². The zero-order valence-corrected chi connectivity index (χ0v) is 18.1. The summed E-state index contributed by atoms with van der Waals surface area (Å²) in [6, 6.07) is 21.0. The van der Waals surface area contributed by atoms with Crippen molar-refractivity contribution >= 4 is 22.5 Å². The molecule has 164 valence electrons. The average Bonchev–Trinajstić information content (AvgIpc) is 2.80. The number of rotatable bonds is 4. The Bertz CT molecular complexity index is 1490. The van der Waals surface area contributed by atoms with Gasteiger partial charge in [0.1, 0.15) is 5.82 Å². The first kappa shape index (κ1) is 20.8. The second-order valence-electron chi connectivity index (χ2n) is 7.96. The van der Waals surface area contributed by atoms with Crippen molar-refractivity contribution in [2.45, 2.75) is 19.9 Å². The molecule has 0 fully saturated rings. The Morgan fingerprint density at radius 3 is 2.48 bits per heavy atom. The van der Waals surface area contributed by atoms with E-state index in [1.165, 1.54) is 6.07 Å². The van der Waals surface area contributed by atoms with Gasteiger partial charge >= 0.3 is 0 Å². The summed E-state index contributed by atoms with van der Waals surface area (Å²) in [6.07, 6.45) is 1.71. The Hall–Kier alpha value is -4.13. The highest BCUT2D eigenvalue weighted by molar-refractivity contribution is 5.84. The summed E-state index contributed by atoms with van der Waals surface area (Å²) in [4.78, 5) is 14.0. The summed E-state index contributed by atoms with van der Waals surface area (Å²) < 4.78 is 29.7. The molecular weight excluding hydrogens is 420 g/mol. The molecule has 5 nitrogen and oxygen atoms in total. The van der Waals surface area contributed by atoms with E-state index < -0.39 is 11.6 Å². The van der Waals surface area contributed by atoms with Crippen LogP contribution >= 0.6 is 0 Å². The lowest BCUT2D eigenvalue weighted by molar-refractivity contribution is 0.508. The van der Waals surface area contributed by atoms with Crippen LogP contribution in [0.15, 0.2) is 84.0 Å². The Kier molecular flexibility index (Phi) is 5.30. The van der Waals surface area contributed by atoms with Crippen LogP contribution in [0.1, 0.15) is 13.8 Å². The molecule has 1 aromatic heterocycles. The monoisotopic (exact) mass is 441 g/mol. The van der Waals surface area contributed by atoms with Gasteiger partial charge in [-0.05, 0) is 62.4 Å². The molecule has 1 aliphatic carbocycles. The minimum Gasteiger partial charge on any atom is -0.338 e. The number of anilines is 2. The van der Waals surface area contributed by atoms with Gasteiger partial charge in [0.15, 0.2) is 11.6 Å². The predicted octanol–water partition coefficient (Wildman–Crippen LogP) is 5.86. The molecule has 2 aromatic carbocycles. The van der Waals surface area contributed by atoms with Crippen LogP contribution in [-0.2, 0) is 0 Å². The first-order valence-corrected chi connectivity index (χ1v) is 10.6. The van der Waals surface area contributed by atoms with Gasteiger partial charge in [0.05, 0.1) is 33.5 Å². The standard InChI is InChI=1S/C26H21F2N5/c1-16(2)30-22-15-25-23(14-21(22)32-26-9-5-6-12-29-26)31-20-7-3-4-8-24(20)33(25)17-10-11-18(27)19(28)13-17/h3-16H,1-2H3,(H,29,32)/b30-22+. The van der Waals surface area contributed by atoms with E-state index >= 15 is 0 Å². The molecule has 0 amide bonds. The number of fused-ring (bicyclic) bond motifs is 2. The van der Waals surface area contributed by atoms with E-state index in [2.05, 4.69) is 10.3 Å². The maximum absolute atomic E-state index is 14.2. The largest absolute Gasteiger partial charge is 0.338 e. The Balaban J connectivity index is 1.84. The van der Waals surface area contributed by atoms with Gasteiger partial charge in [0.25, 0.3) is 0 Å². The molecule has 33 heavy (non-hydrogen) atoms. The van der Waals surface area contributed by atoms with Crippen molar-refractivity contribution in [2.24, 2.45) is 4.99 Å². The molecular formula is C26H21F2N5. The molecule has 1 aliphatic heterocycles. The van der Waals surface area contributed by atoms with Gasteiger partial charge in [-0.15, -0.1) is 0 Å². The van der Waals surface area contributed by atoms with Gasteiger partial charge < -0.3 is 9.88 Å². The normalized spacial score (nSPS) is 12.1. The number of halogens is 2. The van der Waals surface area contributed by atoms with Crippen LogP contribution in [0.2, 0.25) is 0 Å². The third-order valence-corrected chi connectivity index (χ3v) is 5.18. The molecule has 0 unspecified atom stereocenters. The lowest BCUT2D eigenvalue weighted by Gasteiger charge is -2.20. The van der Waals surface area contributed by atoms with Crippen molar-refractivity contribution in [3.63, 3.8) is 0 Å². The lowest BCUT2D eigenvalue weighted by atomic mass is 10.1. The number of benzene rings is 3. The Morgan fingerprint density at radius 2 is 1.73 bits per heavy atom. The summed E-state index contributed by atoms with van der Waals surface area (Å²) in [7, 11) is 0. The van der Waals surface area contributed by atoms with Crippen LogP contribution in [0.25, 0.3) is 28.1 Å². The molecule has 7 heteroatoms. The van der Waals surface area contributed by atoms with Crippen molar-refractivity contribution in [2.75, 3.05) is 5.32 Å². The second kappa shape index (κ2) is 8.43. The molecule has 0 saturated heterocycles. The SMILES string of the molecule is CC(C)/N=c1\cc2n(-c3ccc(F)c(F)c3)c3ccccc3nc-2cc1Nc1ccccn1. The predicted molar refractivity (Wildman–Crippen MR) is 126 cm³/mol. The van der Waals surface area contributed by atoms with Crippen molar-refractivity contribution < 1.29 is 8.78 Å². The highest BCUT2D eigenvalue weighted by Gasteiger charge is 2.17. The fraction of sp³-hybridized carbons (Fsp3) is 0.115. The van der Waals surface area contributed by atoms with Crippen LogP contribution in [0.5, 0.6) is 0 Å². The van der Waals surface area contributed by atoms with E-state index in [1.54, 1.807) is 12.3 Å². The molecule has 2 heterocycles. The molecule has 3 aromatic rings. The summed E-state index contributed by atoms with van der Waals surface area (Å²) in [5, 5.41) is 4.05. The van der Waals surface area contributed by atoms with E-state index in [4.69, 9.17) is 9.98 Å². The quantitative estimate of drug-likeness (QED) is 0.356. The Morgan fingerprint density at radius 1 is 0.909 bits per heavy atom. The van der Waals surface area contributed by atoms with Crippen molar-refractivity contribution in [3.05, 3.63) is 96.0 Å². The number of nitrogens with one attached hydrogen (secondary N) is 1. The van der Waals surface area contributed by atoms with E-state index in [1.807, 2.05) is 73.0 Å². The number of pyridine rings is 1. The minimum atomic E-state index is -0.908. The van der Waals surface area contributed by atoms with Gasteiger partial charge in [0, 0.05) is 24.0 Å². The zero-order chi connectivity index (χ0) is 22.9. The van der Waals surface area contributed by atoms with Gasteiger partial charge in [-0.2, -0.15) is 0 Å². The van der Waals surface area contributed by atoms with Crippen molar-refractivity contribution in [1.29, 1.82) is 0 Å². The van der Waals surface area contributed by atoms with Crippen LogP contribution in [0.3, 0.4) is 0 Å². The molecule has 0 saturated carbocycles. The molecule has 1 N–H and O–H groups in total. The van der Waals surface area contributed by atoms with Crippen LogP contribution in [0.4, 0.5) is 20.3 Å². The summed E-state index contributed by atoms with van der Waals surface area (Å²) in [5.41, 5.74) is 4.17. The molecule has 0 bridgehead atoms. The summed E-state index contributed by atoms with van der Waals surface area (Å²) in [6.45, 7) is 3.99. The third kappa shape index (κ3) is 4.05. The van der Waals surface area contributed by atoms with Gasteiger partial charge in [-0.25, -0.2) is 18.7 Å². The third-order valence-electron chi connectivity index (χ3n) is 5.18. The molecule has 2 aliphatic rings. The number of para-hydroxylation sites is 2. The summed E-state index contributed by atoms with van der Waals surface area (Å²) >= 11 is 0. The maximum atomic E-state index is 14.2. The lowest BCUT2D eigenvalue weighted by Crippen LogP contribution is -2.16. The van der Waals surface area contributed by atoms with Crippen molar-refractivity contribution in [1.82, 2.24) is 14.5 Å². The van der Waals surface area contributed by atoms with Gasteiger partial charge in [0.2, 0.25) is 0 Å². The number of hydrogen-bond acceptors (Lipinski definition) is 4. The molecule has 0 spiro atoms. The number of nitrogens with zero attached hydrogens (tertiary/aromatic N) is 4. The van der Waals surface area contributed by atoms with Gasteiger partial charge in [-0.3, -0.25) is 4.99 Å². The first-order chi connectivity index (χ1) is 16.0. The van der Waals surface area contributed by atoms with Crippen molar-refractivity contribution in [3.8, 4) is 17.1 Å². The van der Waals surface area contributed by atoms with E-state index in [-0.39, 0.29) is 6.04 Å². The van der Waals surface area contributed by atoms with Crippen LogP contribution in [-0.4, -0.2) is 20.6 Å². The topological polar surface area (TPSA) is 55.1 Å². The summed E-state index contributed by atoms with van der Waals surface area (Å²) in [5.74, 6) is -1.11. The average molecular weight is 441 g/mol. The highest BCUT2D eigenvalue weighted by Crippen LogP contribution is 2.30. The smallest absolute Gasteiger partial charge is 0.160 e. The fourth-order valence-corrected chi connectivity index (χ4v) is 3.80. The van der Waals surface area contributed by atoms with E-state index in [9.17, 15) is 8.78 Å². The first-order valence-electron chi connectivity index (χ1n) is 10.6. The second-order valence-corrected chi connectivity index (χ2v) is 7.96. The number of aromatic nitrogens is 3. The highest BCUT2D eigenvalue weighted by atomic mass is 19.2. The molecule has 0 radical (unpaired) electrons. The molecule has 0 atom stereocenters. The van der Waals surface area contributed by atoms with E-state index in [0.29, 0.717) is 17.2 Å². The fourth-order valence-electron chi connectivity index (χ4n) is 3.80. The number of hydrogen-bond donors (Lipinski definition) is 1. The maximum Gasteiger partial charge on any atom is 0.160 e. The van der Waals surface area contributed by atoms with Crippen LogP contribution < -0.4 is 10.7 Å².